The van der Waals surface area contributed by atoms with Crippen molar-refractivity contribution in [3.05, 3.63) is 99.6 Å². The Bertz CT molecular complexity index is 1600. The zero-order valence-electron chi connectivity index (χ0n) is 19.8. The molecule has 8 heteroatoms. The Morgan fingerprint density at radius 1 is 1.03 bits per heavy atom. The normalized spacial score (nSPS) is 16.4. The molecule has 4 aromatic rings. The van der Waals surface area contributed by atoms with Crippen LogP contribution >= 0.6 is 11.6 Å². The minimum absolute atomic E-state index is 0.0277. The van der Waals surface area contributed by atoms with Crippen molar-refractivity contribution < 1.29 is 12.8 Å². The van der Waals surface area contributed by atoms with Gasteiger partial charge in [-0.25, -0.2) is 12.8 Å². The van der Waals surface area contributed by atoms with Gasteiger partial charge in [-0.3, -0.25) is 4.79 Å². The van der Waals surface area contributed by atoms with Crippen LogP contribution in [0.2, 0.25) is 5.02 Å². The van der Waals surface area contributed by atoms with Crippen molar-refractivity contribution in [2.75, 3.05) is 11.4 Å². The van der Waals surface area contributed by atoms with Gasteiger partial charge in [0.1, 0.15) is 10.7 Å². The number of benzene rings is 3. The van der Waals surface area contributed by atoms with Crippen molar-refractivity contribution in [1.82, 2.24) is 4.57 Å². The van der Waals surface area contributed by atoms with Gasteiger partial charge < -0.3 is 9.47 Å². The summed E-state index contributed by atoms with van der Waals surface area (Å²) < 4.78 is 44.2. The molecule has 1 saturated heterocycles. The minimum Gasteiger partial charge on any atom is -0.366 e. The molecule has 2 heterocycles. The molecule has 0 aliphatic carbocycles. The number of rotatable bonds is 5. The minimum atomic E-state index is -4.20. The van der Waals surface area contributed by atoms with Gasteiger partial charge >= 0.3 is 0 Å². The fourth-order valence-corrected chi connectivity index (χ4v) is 6.58. The van der Waals surface area contributed by atoms with E-state index in [2.05, 4.69) is 6.92 Å². The van der Waals surface area contributed by atoms with E-state index in [-0.39, 0.29) is 21.3 Å². The highest BCUT2D eigenvalue weighted by molar-refractivity contribution is 7.91. The van der Waals surface area contributed by atoms with Gasteiger partial charge in [-0.1, -0.05) is 48.0 Å². The Morgan fingerprint density at radius 3 is 2.53 bits per heavy atom. The first-order valence-electron chi connectivity index (χ1n) is 11.9. The summed E-state index contributed by atoms with van der Waals surface area (Å²) >= 11 is 6.03. The van der Waals surface area contributed by atoms with Crippen LogP contribution in [0.5, 0.6) is 0 Å². The van der Waals surface area contributed by atoms with Gasteiger partial charge in [0.2, 0.25) is 15.3 Å². The molecule has 0 radical (unpaired) electrons. The SMILES string of the molecule is C[C@H]1CCCCN1c1cc2c(cc1F)c(=O)c(S(=O)(=O)c1cccc(Cl)c1)cn2Cc1ccccc1. The molecule has 1 atom stereocenters. The molecular formula is C28H26ClFN2O3S. The van der Waals surface area contributed by atoms with Crippen molar-refractivity contribution in [1.29, 1.82) is 0 Å². The van der Waals surface area contributed by atoms with Crippen molar-refractivity contribution >= 4 is 38.0 Å². The number of hydrogen-bond acceptors (Lipinski definition) is 4. The lowest BCUT2D eigenvalue weighted by molar-refractivity contribution is 0.476. The van der Waals surface area contributed by atoms with E-state index >= 15 is 4.39 Å². The average Bonchev–Trinajstić information content (AvgIpc) is 2.86. The standard InChI is InChI=1S/C28H26ClFN2O3S/c1-19-8-5-6-13-32(19)26-16-25-23(15-24(26)30)28(33)27(18-31(25)17-20-9-3-2-4-10-20)36(34,35)22-12-7-11-21(29)14-22/h2-4,7,9-12,14-16,18-19H,5-6,8,13,17H2,1H3/t19-/m0/s1. The molecule has 1 aliphatic rings. The number of anilines is 1. The van der Waals surface area contributed by atoms with Gasteiger partial charge in [-0.15, -0.1) is 0 Å². The van der Waals surface area contributed by atoms with Gasteiger partial charge in [0.05, 0.1) is 21.5 Å². The van der Waals surface area contributed by atoms with Gasteiger partial charge in [0.25, 0.3) is 0 Å². The lowest BCUT2D eigenvalue weighted by Gasteiger charge is -2.35. The van der Waals surface area contributed by atoms with E-state index in [4.69, 9.17) is 11.6 Å². The number of halogens is 2. The molecule has 186 valence electrons. The maximum absolute atomic E-state index is 15.5. The third-order valence-electron chi connectivity index (χ3n) is 6.82. The molecular weight excluding hydrogens is 499 g/mol. The third kappa shape index (κ3) is 4.53. The van der Waals surface area contributed by atoms with Gasteiger partial charge in [-0.05, 0) is 62.1 Å². The molecule has 0 bridgehead atoms. The summed E-state index contributed by atoms with van der Waals surface area (Å²) in [6, 6.07) is 18.4. The molecule has 36 heavy (non-hydrogen) atoms. The van der Waals surface area contributed by atoms with Gasteiger partial charge in [-0.2, -0.15) is 0 Å². The summed E-state index contributed by atoms with van der Waals surface area (Å²) in [5.74, 6) is -0.531. The molecule has 0 spiro atoms. The second-order valence-corrected chi connectivity index (χ2v) is 11.6. The second kappa shape index (κ2) is 9.71. The van der Waals surface area contributed by atoms with Crippen LogP contribution in [0.1, 0.15) is 31.7 Å². The summed E-state index contributed by atoms with van der Waals surface area (Å²) in [6.45, 7) is 3.12. The van der Waals surface area contributed by atoms with E-state index in [1.165, 1.54) is 30.5 Å². The molecule has 0 unspecified atom stereocenters. The van der Waals surface area contributed by atoms with Crippen LogP contribution in [-0.2, 0) is 16.4 Å². The molecule has 1 aliphatic heterocycles. The summed E-state index contributed by atoms with van der Waals surface area (Å²) in [5, 5.41) is 0.271. The summed E-state index contributed by atoms with van der Waals surface area (Å²) in [5.41, 5.74) is 1.11. The highest BCUT2D eigenvalue weighted by Crippen LogP contribution is 2.31. The Morgan fingerprint density at radius 2 is 1.81 bits per heavy atom. The summed E-state index contributed by atoms with van der Waals surface area (Å²) in [4.78, 5) is 15.1. The van der Waals surface area contributed by atoms with E-state index in [0.717, 1.165) is 31.4 Å². The Hall–Kier alpha value is -3.16. The Labute approximate surface area is 214 Å². The zero-order valence-corrected chi connectivity index (χ0v) is 21.4. The predicted molar refractivity (Wildman–Crippen MR) is 141 cm³/mol. The fourth-order valence-electron chi connectivity index (χ4n) is 4.91. The number of nitrogens with zero attached hydrogens (tertiary/aromatic N) is 2. The number of piperidine rings is 1. The first-order valence-corrected chi connectivity index (χ1v) is 13.8. The molecule has 1 aromatic heterocycles. The van der Waals surface area contributed by atoms with Crippen molar-refractivity contribution in [2.24, 2.45) is 0 Å². The predicted octanol–water partition coefficient (Wildman–Crippen LogP) is 6.05. The van der Waals surface area contributed by atoms with Crippen LogP contribution < -0.4 is 10.3 Å². The Kier molecular flexibility index (Phi) is 6.62. The topological polar surface area (TPSA) is 59.4 Å². The van der Waals surface area contributed by atoms with E-state index in [9.17, 15) is 13.2 Å². The number of pyridine rings is 1. The number of fused-ring (bicyclic) bond motifs is 1. The third-order valence-corrected chi connectivity index (χ3v) is 8.80. The van der Waals surface area contributed by atoms with Crippen LogP contribution in [0, 0.1) is 5.82 Å². The average molecular weight is 525 g/mol. The van der Waals surface area contributed by atoms with Crippen LogP contribution in [0.25, 0.3) is 10.9 Å². The lowest BCUT2D eigenvalue weighted by atomic mass is 10.0. The largest absolute Gasteiger partial charge is 0.366 e. The molecule has 0 N–H and O–H groups in total. The molecule has 1 fully saturated rings. The second-order valence-electron chi connectivity index (χ2n) is 9.26. The monoisotopic (exact) mass is 524 g/mol. The lowest BCUT2D eigenvalue weighted by Crippen LogP contribution is -2.38. The molecule has 5 rings (SSSR count). The molecule has 3 aromatic carbocycles. The van der Waals surface area contributed by atoms with Crippen molar-refractivity contribution in [3.63, 3.8) is 0 Å². The Balaban J connectivity index is 1.76. The van der Waals surface area contributed by atoms with E-state index in [1.807, 2.05) is 35.2 Å². The van der Waals surface area contributed by atoms with Gasteiger partial charge in [0, 0.05) is 30.4 Å². The first-order chi connectivity index (χ1) is 17.3. The van der Waals surface area contributed by atoms with Crippen LogP contribution in [-0.4, -0.2) is 25.6 Å². The summed E-state index contributed by atoms with van der Waals surface area (Å²) in [7, 11) is -4.20. The van der Waals surface area contributed by atoms with Crippen molar-refractivity contribution in [3.8, 4) is 0 Å². The highest BCUT2D eigenvalue weighted by Gasteiger charge is 2.27. The number of aromatic nitrogens is 1. The maximum atomic E-state index is 15.5. The van der Waals surface area contributed by atoms with Crippen LogP contribution in [0.15, 0.2) is 87.5 Å². The van der Waals surface area contributed by atoms with E-state index in [1.54, 1.807) is 16.7 Å². The van der Waals surface area contributed by atoms with E-state index < -0.39 is 26.0 Å². The molecule has 0 saturated carbocycles. The zero-order chi connectivity index (χ0) is 25.4. The molecule has 0 amide bonds. The number of hydrogen-bond donors (Lipinski definition) is 0. The highest BCUT2D eigenvalue weighted by atomic mass is 35.5. The summed E-state index contributed by atoms with van der Waals surface area (Å²) in [6.07, 6.45) is 4.39. The first kappa shape index (κ1) is 24.5. The number of sulfone groups is 1. The maximum Gasteiger partial charge on any atom is 0.211 e. The van der Waals surface area contributed by atoms with E-state index in [0.29, 0.717) is 17.7 Å². The smallest absolute Gasteiger partial charge is 0.211 e. The molecule has 5 nitrogen and oxygen atoms in total. The quantitative estimate of drug-likeness (QED) is 0.319. The fraction of sp³-hybridized carbons (Fsp3) is 0.250. The van der Waals surface area contributed by atoms with Gasteiger partial charge in [0.15, 0.2) is 0 Å². The van der Waals surface area contributed by atoms with Crippen LogP contribution in [0.4, 0.5) is 10.1 Å². The van der Waals surface area contributed by atoms with Crippen molar-refractivity contribution in [2.45, 2.75) is 48.6 Å². The van der Waals surface area contributed by atoms with Crippen LogP contribution in [0.3, 0.4) is 0 Å².